The number of carbonyl (C=O) groups is 1. The summed E-state index contributed by atoms with van der Waals surface area (Å²) in [5.74, 6) is 0.818. The first-order valence-corrected chi connectivity index (χ1v) is 9.87. The Hall–Kier alpha value is -3.81. The molecule has 0 aliphatic carbocycles. The third kappa shape index (κ3) is 3.72. The van der Waals surface area contributed by atoms with E-state index in [9.17, 15) is 4.79 Å². The summed E-state index contributed by atoms with van der Waals surface area (Å²) in [6, 6.07) is 6.55. The Labute approximate surface area is 185 Å². The molecule has 1 N–H and O–H groups in total. The molecule has 8 heteroatoms. The fourth-order valence-corrected chi connectivity index (χ4v) is 3.41. The number of nitrogens with zero attached hydrogens (tertiary/aromatic N) is 6. The highest BCUT2D eigenvalue weighted by molar-refractivity contribution is 6.05. The predicted octanol–water partition coefficient (Wildman–Crippen LogP) is 3.59. The SMILES string of the molecule is [2H]C1([2H])CCC([2H])([2H])N1c1cc(C(=O)Nc2cc3cc(-c4cnc(C)n4C)ncc3cn2)ccn1. The van der Waals surface area contributed by atoms with Gasteiger partial charge in [0.1, 0.15) is 17.5 Å². The van der Waals surface area contributed by atoms with Crippen molar-refractivity contribution in [2.45, 2.75) is 19.8 Å². The van der Waals surface area contributed by atoms with Crippen molar-refractivity contribution < 1.29 is 10.3 Å². The van der Waals surface area contributed by atoms with Crippen LogP contribution < -0.4 is 10.2 Å². The molecule has 0 bridgehead atoms. The molecule has 1 aliphatic rings. The summed E-state index contributed by atoms with van der Waals surface area (Å²) in [5.41, 5.74) is 1.84. The van der Waals surface area contributed by atoms with Crippen LogP contribution in [0.3, 0.4) is 0 Å². The van der Waals surface area contributed by atoms with Crippen molar-refractivity contribution in [2.75, 3.05) is 23.2 Å². The summed E-state index contributed by atoms with van der Waals surface area (Å²) < 4.78 is 34.6. The molecule has 0 aromatic carbocycles. The summed E-state index contributed by atoms with van der Waals surface area (Å²) in [5, 5.41) is 4.42. The van der Waals surface area contributed by atoms with E-state index in [2.05, 4.69) is 25.3 Å². The number of carbonyl (C=O) groups excluding carboxylic acids is 1. The van der Waals surface area contributed by atoms with Crippen LogP contribution in [0.2, 0.25) is 0 Å². The summed E-state index contributed by atoms with van der Waals surface area (Å²) in [6.45, 7) is -1.88. The summed E-state index contributed by atoms with van der Waals surface area (Å²) in [6.07, 6.45) is 6.55. The molecule has 8 nitrogen and oxygen atoms in total. The number of hydrogen-bond donors (Lipinski definition) is 1. The molecule has 0 atom stereocenters. The van der Waals surface area contributed by atoms with Crippen LogP contribution in [0.15, 0.2) is 49.1 Å². The second-order valence-electron chi connectivity index (χ2n) is 7.24. The molecule has 0 spiro atoms. The lowest BCUT2D eigenvalue weighted by Crippen LogP contribution is -2.20. The van der Waals surface area contributed by atoms with Crippen LogP contribution in [0, 0.1) is 6.92 Å². The molecular weight excluding hydrogens is 390 g/mol. The molecule has 31 heavy (non-hydrogen) atoms. The van der Waals surface area contributed by atoms with Crippen molar-refractivity contribution in [3.05, 3.63) is 60.4 Å². The third-order valence-electron chi connectivity index (χ3n) is 5.23. The van der Waals surface area contributed by atoms with Gasteiger partial charge in [0.05, 0.1) is 17.6 Å². The quantitative estimate of drug-likeness (QED) is 0.546. The van der Waals surface area contributed by atoms with E-state index < -0.39 is 18.9 Å². The Morgan fingerprint density at radius 1 is 1.03 bits per heavy atom. The first-order valence-electron chi connectivity index (χ1n) is 11.9. The van der Waals surface area contributed by atoms with Crippen LogP contribution in [-0.2, 0) is 7.05 Å². The van der Waals surface area contributed by atoms with Crippen molar-refractivity contribution in [1.29, 1.82) is 0 Å². The van der Waals surface area contributed by atoms with Crippen LogP contribution in [-0.4, -0.2) is 43.4 Å². The Bertz CT molecular complexity index is 1440. The van der Waals surface area contributed by atoms with Crippen LogP contribution >= 0.6 is 0 Å². The van der Waals surface area contributed by atoms with Gasteiger partial charge in [-0.25, -0.2) is 15.0 Å². The number of rotatable bonds is 4. The maximum absolute atomic E-state index is 13.0. The lowest BCUT2D eigenvalue weighted by atomic mass is 10.1. The van der Waals surface area contributed by atoms with Crippen molar-refractivity contribution >= 4 is 28.3 Å². The van der Waals surface area contributed by atoms with E-state index in [0.717, 1.165) is 32.9 Å². The number of pyridine rings is 3. The highest BCUT2D eigenvalue weighted by Crippen LogP contribution is 2.24. The van der Waals surface area contributed by atoms with E-state index >= 15 is 0 Å². The van der Waals surface area contributed by atoms with E-state index in [0.29, 0.717) is 5.82 Å². The van der Waals surface area contributed by atoms with Crippen molar-refractivity contribution in [3.8, 4) is 11.4 Å². The molecule has 1 fully saturated rings. The van der Waals surface area contributed by atoms with Gasteiger partial charge in [0.2, 0.25) is 0 Å². The van der Waals surface area contributed by atoms with Gasteiger partial charge in [0.25, 0.3) is 5.91 Å². The summed E-state index contributed by atoms with van der Waals surface area (Å²) >= 11 is 0. The minimum Gasteiger partial charge on any atom is -0.357 e. The largest absolute Gasteiger partial charge is 0.357 e. The fourth-order valence-electron chi connectivity index (χ4n) is 3.41. The second kappa shape index (κ2) is 7.79. The zero-order valence-corrected chi connectivity index (χ0v) is 17.1. The van der Waals surface area contributed by atoms with E-state index in [-0.39, 0.29) is 24.2 Å². The number of imidazole rings is 1. The lowest BCUT2D eigenvalue weighted by molar-refractivity contribution is 0.102. The first-order chi connectivity index (χ1) is 16.5. The number of amides is 1. The Balaban J connectivity index is 1.42. The Kier molecular flexibility index (Phi) is 3.78. The number of aryl methyl sites for hydroxylation is 1. The topological polar surface area (TPSA) is 88.8 Å². The fraction of sp³-hybridized carbons (Fsp3) is 0.261. The number of anilines is 2. The van der Waals surface area contributed by atoms with E-state index in [1.54, 1.807) is 24.7 Å². The van der Waals surface area contributed by atoms with Crippen molar-refractivity contribution in [2.24, 2.45) is 7.05 Å². The smallest absolute Gasteiger partial charge is 0.257 e. The van der Waals surface area contributed by atoms with Gasteiger partial charge in [-0.2, -0.15) is 0 Å². The molecule has 0 unspecified atom stereocenters. The maximum atomic E-state index is 13.0. The van der Waals surface area contributed by atoms with Gasteiger partial charge in [-0.1, -0.05) is 0 Å². The van der Waals surface area contributed by atoms with Crippen LogP contribution in [0.25, 0.3) is 22.2 Å². The zero-order chi connectivity index (χ0) is 25.0. The monoisotopic (exact) mass is 417 g/mol. The lowest BCUT2D eigenvalue weighted by Gasteiger charge is -2.16. The minimum atomic E-state index is -1.90. The van der Waals surface area contributed by atoms with E-state index in [1.807, 2.05) is 24.6 Å². The van der Waals surface area contributed by atoms with Gasteiger partial charge in [-0.3, -0.25) is 9.78 Å². The van der Waals surface area contributed by atoms with Crippen LogP contribution in [0.1, 0.15) is 34.5 Å². The van der Waals surface area contributed by atoms with Crippen molar-refractivity contribution in [1.82, 2.24) is 24.5 Å². The van der Waals surface area contributed by atoms with E-state index in [1.165, 1.54) is 18.3 Å². The number of hydrogen-bond acceptors (Lipinski definition) is 6. The summed E-state index contributed by atoms with van der Waals surface area (Å²) in [4.78, 5) is 31.2. The standard InChI is InChI=1S/C23H23N7O/c1-15-25-14-20(29(15)2)19-9-17-10-21(27-13-18(17)12-26-19)28-23(31)16-5-6-24-22(11-16)30-7-3-4-8-30/h5-6,9-14H,3-4,7-8H2,1-2H3,(H,27,28,31)/i7D2,8D2. The molecule has 1 saturated heterocycles. The molecule has 4 aromatic rings. The maximum Gasteiger partial charge on any atom is 0.257 e. The zero-order valence-electron chi connectivity index (χ0n) is 21.1. The predicted molar refractivity (Wildman–Crippen MR) is 120 cm³/mol. The Morgan fingerprint density at radius 2 is 1.84 bits per heavy atom. The first kappa shape index (κ1) is 15.1. The minimum absolute atomic E-state index is 0.0361. The van der Waals surface area contributed by atoms with Gasteiger partial charge in [0, 0.05) is 55.1 Å². The molecule has 0 saturated carbocycles. The van der Waals surface area contributed by atoms with Gasteiger partial charge in [-0.15, -0.1) is 0 Å². The third-order valence-corrected chi connectivity index (χ3v) is 5.23. The average molecular weight is 418 g/mol. The highest BCUT2D eigenvalue weighted by atomic mass is 16.1. The number of nitrogens with one attached hydrogen (secondary N) is 1. The number of aromatic nitrogens is 5. The molecule has 5 heterocycles. The Morgan fingerprint density at radius 3 is 2.61 bits per heavy atom. The normalized spacial score (nSPS) is 18.8. The van der Waals surface area contributed by atoms with Gasteiger partial charge < -0.3 is 14.8 Å². The molecule has 156 valence electrons. The van der Waals surface area contributed by atoms with E-state index in [4.69, 9.17) is 5.48 Å². The molecule has 0 radical (unpaired) electrons. The number of fused-ring (bicyclic) bond motifs is 1. The van der Waals surface area contributed by atoms with Gasteiger partial charge in [-0.05, 0) is 49.4 Å². The molecular formula is C23H23N7O. The molecule has 1 amide bonds. The molecule has 1 aliphatic heterocycles. The van der Waals surface area contributed by atoms with Gasteiger partial charge >= 0.3 is 0 Å². The van der Waals surface area contributed by atoms with Gasteiger partial charge in [0.15, 0.2) is 0 Å². The average Bonchev–Trinajstić information content (AvgIpc) is 3.26. The second-order valence-corrected chi connectivity index (χ2v) is 7.24. The van der Waals surface area contributed by atoms with Crippen molar-refractivity contribution in [3.63, 3.8) is 0 Å². The highest BCUT2D eigenvalue weighted by Gasteiger charge is 2.16. The molecule has 4 aromatic heterocycles. The van der Waals surface area contributed by atoms with Crippen LogP contribution in [0.4, 0.5) is 11.6 Å². The molecule has 5 rings (SSSR count). The van der Waals surface area contributed by atoms with Crippen LogP contribution in [0.5, 0.6) is 0 Å². The summed E-state index contributed by atoms with van der Waals surface area (Å²) in [7, 11) is 1.92.